The van der Waals surface area contributed by atoms with Gasteiger partial charge < -0.3 is 19.7 Å². The van der Waals surface area contributed by atoms with Gasteiger partial charge in [-0.3, -0.25) is 9.97 Å². The highest BCUT2D eigenvalue weighted by atomic mass is 16.6. The molecule has 3 heterocycles. The first kappa shape index (κ1) is 18.1. The molecule has 0 amide bonds. The van der Waals surface area contributed by atoms with Gasteiger partial charge in [0.05, 0.1) is 0 Å². The van der Waals surface area contributed by atoms with Crippen LogP contribution in [0.1, 0.15) is 22.8 Å². The molecule has 0 aliphatic heterocycles. The minimum Gasteiger partial charge on any atom is -0.356 e. The smallest absolute Gasteiger partial charge is 0.254 e. The predicted molar refractivity (Wildman–Crippen MR) is 92.7 cm³/mol. The van der Waals surface area contributed by atoms with Crippen LogP contribution in [0.25, 0.3) is 0 Å². The van der Waals surface area contributed by atoms with Crippen LogP contribution in [0.4, 0.5) is 0 Å². The first-order valence-corrected chi connectivity index (χ1v) is 7.90. The van der Waals surface area contributed by atoms with Crippen molar-refractivity contribution < 1.29 is 19.7 Å². The van der Waals surface area contributed by atoms with E-state index in [2.05, 4.69) is 15.0 Å². The Morgan fingerprint density at radius 3 is 1.42 bits per heavy atom. The van der Waals surface area contributed by atoms with E-state index in [1.807, 2.05) is 0 Å². The predicted octanol–water partition coefficient (Wildman–Crippen LogP) is 1.55. The van der Waals surface area contributed by atoms with Crippen molar-refractivity contribution in [3.05, 3.63) is 89.8 Å². The summed E-state index contributed by atoms with van der Waals surface area (Å²) in [6.07, 6.45) is 3.09. The van der Waals surface area contributed by atoms with Crippen LogP contribution < -0.4 is 0 Å². The van der Waals surface area contributed by atoms with Crippen LogP contribution in [0.3, 0.4) is 0 Å². The number of ether oxygens (including phenoxy) is 2. The van der Waals surface area contributed by atoms with Crippen molar-refractivity contribution >= 4 is 0 Å². The van der Waals surface area contributed by atoms with E-state index in [0.717, 1.165) is 0 Å². The van der Waals surface area contributed by atoms with E-state index < -0.39 is 11.6 Å². The van der Waals surface area contributed by atoms with E-state index in [0.29, 0.717) is 0 Å². The summed E-state index contributed by atoms with van der Waals surface area (Å²) < 4.78 is 10.6. The van der Waals surface area contributed by atoms with Gasteiger partial charge in [0.2, 0.25) is 0 Å². The first-order valence-electron chi connectivity index (χ1n) is 7.90. The van der Waals surface area contributed by atoms with E-state index >= 15 is 0 Å². The summed E-state index contributed by atoms with van der Waals surface area (Å²) in [5, 5.41) is 22.0. The summed E-state index contributed by atoms with van der Waals surface area (Å²) in [5.41, 5.74) is 0.849. The highest BCUT2D eigenvalue weighted by molar-refractivity contribution is 5.29. The lowest BCUT2D eigenvalue weighted by atomic mass is 10.0. The number of aromatic nitrogens is 3. The van der Waals surface area contributed by atoms with Gasteiger partial charge in [-0.2, -0.15) is 0 Å². The van der Waals surface area contributed by atoms with E-state index in [1.165, 1.54) is 14.2 Å². The SMILES string of the molecule is COC(O)(c1ccccn1)c1cccc(C(O)(OC)c2ccccn2)n1. The Hall–Kier alpha value is -2.71. The number of nitrogens with zero attached hydrogens (tertiary/aromatic N) is 3. The topological polar surface area (TPSA) is 97.6 Å². The van der Waals surface area contributed by atoms with E-state index in [9.17, 15) is 10.2 Å². The van der Waals surface area contributed by atoms with Crippen molar-refractivity contribution in [1.82, 2.24) is 15.0 Å². The van der Waals surface area contributed by atoms with Crippen LogP contribution in [0.15, 0.2) is 67.0 Å². The van der Waals surface area contributed by atoms with Crippen molar-refractivity contribution in [3.63, 3.8) is 0 Å². The first-order chi connectivity index (χ1) is 12.5. The maximum absolute atomic E-state index is 11.0. The minimum absolute atomic E-state index is 0.155. The monoisotopic (exact) mass is 353 g/mol. The lowest BCUT2D eigenvalue weighted by molar-refractivity contribution is -0.173. The molecule has 2 N–H and O–H groups in total. The molecule has 0 bridgehead atoms. The molecular weight excluding hydrogens is 334 g/mol. The number of rotatable bonds is 6. The molecule has 0 saturated heterocycles. The Bertz CT molecular complexity index is 794. The Morgan fingerprint density at radius 2 is 1.08 bits per heavy atom. The third kappa shape index (κ3) is 3.09. The third-order valence-electron chi connectivity index (χ3n) is 4.06. The zero-order chi connectivity index (χ0) is 18.6. The fourth-order valence-corrected chi connectivity index (χ4v) is 2.62. The van der Waals surface area contributed by atoms with Crippen molar-refractivity contribution in [2.24, 2.45) is 0 Å². The Kier molecular flexibility index (Phi) is 5.06. The summed E-state index contributed by atoms with van der Waals surface area (Å²) in [6.45, 7) is 0. The molecule has 2 unspecified atom stereocenters. The molecule has 0 aliphatic carbocycles. The van der Waals surface area contributed by atoms with Gasteiger partial charge in [-0.15, -0.1) is 0 Å². The normalized spacial score (nSPS) is 15.8. The van der Waals surface area contributed by atoms with Crippen molar-refractivity contribution in [3.8, 4) is 0 Å². The summed E-state index contributed by atoms with van der Waals surface area (Å²) in [5.74, 6) is -3.76. The molecule has 26 heavy (non-hydrogen) atoms. The molecule has 3 aromatic rings. The molecule has 7 nitrogen and oxygen atoms in total. The van der Waals surface area contributed by atoms with E-state index in [1.54, 1.807) is 67.0 Å². The van der Waals surface area contributed by atoms with Gasteiger partial charge in [0.1, 0.15) is 22.8 Å². The van der Waals surface area contributed by atoms with Crippen LogP contribution in [0.5, 0.6) is 0 Å². The third-order valence-corrected chi connectivity index (χ3v) is 4.06. The molecule has 0 spiro atoms. The standard InChI is InChI=1S/C19H19N3O4/c1-25-18(23,14-8-3-5-12-20-14)16-10-7-11-17(22-16)19(24,26-2)15-9-4-6-13-21-15/h3-13,23-24H,1-2H3. The van der Waals surface area contributed by atoms with Crippen molar-refractivity contribution in [2.75, 3.05) is 14.2 Å². The molecule has 3 rings (SSSR count). The fraction of sp³-hybridized carbons (Fsp3) is 0.211. The van der Waals surface area contributed by atoms with E-state index in [4.69, 9.17) is 9.47 Å². The second kappa shape index (κ2) is 7.27. The Balaban J connectivity index is 2.10. The fourth-order valence-electron chi connectivity index (χ4n) is 2.62. The number of hydrogen-bond acceptors (Lipinski definition) is 7. The average molecular weight is 353 g/mol. The quantitative estimate of drug-likeness (QED) is 0.649. The second-order valence-corrected chi connectivity index (χ2v) is 5.53. The van der Waals surface area contributed by atoms with Gasteiger partial charge in [-0.05, 0) is 36.4 Å². The summed E-state index contributed by atoms with van der Waals surface area (Å²) >= 11 is 0. The molecule has 3 aromatic heterocycles. The zero-order valence-electron chi connectivity index (χ0n) is 14.4. The summed E-state index contributed by atoms with van der Waals surface area (Å²) in [7, 11) is 2.70. The number of pyridine rings is 3. The number of aliphatic hydroxyl groups is 2. The molecule has 7 heteroatoms. The second-order valence-electron chi connectivity index (χ2n) is 5.53. The van der Waals surface area contributed by atoms with Gasteiger partial charge in [0.25, 0.3) is 11.6 Å². The average Bonchev–Trinajstić information content (AvgIpc) is 2.74. The molecule has 0 aliphatic rings. The van der Waals surface area contributed by atoms with Gasteiger partial charge in [0.15, 0.2) is 0 Å². The number of methoxy groups -OCH3 is 2. The molecule has 2 atom stereocenters. The lowest BCUT2D eigenvalue weighted by Crippen LogP contribution is -2.35. The van der Waals surface area contributed by atoms with Crippen molar-refractivity contribution in [1.29, 1.82) is 0 Å². The largest absolute Gasteiger partial charge is 0.356 e. The van der Waals surface area contributed by atoms with Crippen LogP contribution in [-0.4, -0.2) is 39.4 Å². The zero-order valence-corrected chi connectivity index (χ0v) is 14.4. The van der Waals surface area contributed by atoms with Crippen molar-refractivity contribution in [2.45, 2.75) is 11.6 Å². The Morgan fingerprint density at radius 1 is 0.654 bits per heavy atom. The molecule has 134 valence electrons. The highest BCUT2D eigenvalue weighted by Gasteiger charge is 2.39. The molecule has 0 radical (unpaired) electrons. The molecular formula is C19H19N3O4. The van der Waals surface area contributed by atoms with Crippen LogP contribution in [-0.2, 0) is 21.0 Å². The lowest BCUT2D eigenvalue weighted by Gasteiger charge is -2.29. The molecule has 0 fully saturated rings. The van der Waals surface area contributed by atoms with Gasteiger partial charge in [-0.25, -0.2) is 4.98 Å². The van der Waals surface area contributed by atoms with Crippen LogP contribution in [0, 0.1) is 0 Å². The Labute approximate surface area is 150 Å². The summed E-state index contributed by atoms with van der Waals surface area (Å²) in [4.78, 5) is 12.7. The van der Waals surface area contributed by atoms with Crippen LogP contribution in [0.2, 0.25) is 0 Å². The van der Waals surface area contributed by atoms with Gasteiger partial charge in [0, 0.05) is 26.6 Å². The van der Waals surface area contributed by atoms with Gasteiger partial charge in [-0.1, -0.05) is 18.2 Å². The summed E-state index contributed by atoms with van der Waals surface area (Å²) in [6, 6.07) is 15.0. The molecule has 0 aromatic carbocycles. The van der Waals surface area contributed by atoms with Gasteiger partial charge >= 0.3 is 0 Å². The van der Waals surface area contributed by atoms with E-state index in [-0.39, 0.29) is 22.8 Å². The maximum Gasteiger partial charge on any atom is 0.254 e. The highest BCUT2D eigenvalue weighted by Crippen LogP contribution is 2.32. The van der Waals surface area contributed by atoms with Crippen LogP contribution >= 0.6 is 0 Å². The minimum atomic E-state index is -1.88. The number of hydrogen-bond donors (Lipinski definition) is 2. The maximum atomic E-state index is 11.0. The molecule has 0 saturated carbocycles.